The van der Waals surface area contributed by atoms with Crippen LogP contribution in [0.4, 0.5) is 4.79 Å². The van der Waals surface area contributed by atoms with E-state index >= 15 is 0 Å². The van der Waals surface area contributed by atoms with Crippen LogP contribution in [-0.2, 0) is 0 Å². The minimum atomic E-state index is -0.259. The first-order valence-electron chi connectivity index (χ1n) is 8.07. The number of hydrogen-bond donors (Lipinski definition) is 2. The van der Waals surface area contributed by atoms with E-state index in [9.17, 15) is 4.79 Å². The van der Waals surface area contributed by atoms with Gasteiger partial charge in [0.25, 0.3) is 0 Å². The summed E-state index contributed by atoms with van der Waals surface area (Å²) < 4.78 is 10.9. The summed E-state index contributed by atoms with van der Waals surface area (Å²) in [5, 5.41) is 6.29. The fourth-order valence-corrected chi connectivity index (χ4v) is 2.59. The third-order valence-electron chi connectivity index (χ3n) is 3.65. The van der Waals surface area contributed by atoms with Crippen molar-refractivity contribution >= 4 is 17.6 Å². The van der Waals surface area contributed by atoms with E-state index in [4.69, 9.17) is 21.1 Å². The van der Waals surface area contributed by atoms with Crippen molar-refractivity contribution in [1.82, 2.24) is 10.6 Å². The minimum absolute atomic E-state index is 0.177. The number of carbonyl (C=O) groups is 1. The zero-order valence-corrected chi connectivity index (χ0v) is 15.4. The van der Waals surface area contributed by atoms with Gasteiger partial charge in [-0.05, 0) is 38.1 Å². The Morgan fingerprint density at radius 3 is 2.76 bits per heavy atom. The lowest BCUT2D eigenvalue weighted by atomic mass is 10.0. The zero-order valence-electron chi connectivity index (χ0n) is 14.6. The molecule has 2 aromatic rings. The van der Waals surface area contributed by atoms with E-state index in [1.165, 1.54) is 0 Å². The molecule has 0 heterocycles. The first-order chi connectivity index (χ1) is 12.0. The summed E-state index contributed by atoms with van der Waals surface area (Å²) in [4.78, 5) is 12.0. The van der Waals surface area contributed by atoms with Crippen LogP contribution in [0.3, 0.4) is 0 Å². The number of benzene rings is 2. The molecule has 2 aromatic carbocycles. The highest BCUT2D eigenvalue weighted by Gasteiger charge is 2.14. The summed E-state index contributed by atoms with van der Waals surface area (Å²) in [5.41, 5.74) is 2.05. The van der Waals surface area contributed by atoms with Crippen LogP contribution in [0.25, 0.3) is 0 Å². The summed E-state index contributed by atoms with van der Waals surface area (Å²) in [7, 11) is 1.62. The molecule has 2 N–H and O–H groups in total. The molecule has 2 amide bonds. The lowest BCUT2D eigenvalue weighted by Crippen LogP contribution is -2.39. The average Bonchev–Trinajstić information content (AvgIpc) is 2.58. The number of hydrogen-bond acceptors (Lipinski definition) is 3. The number of carbonyl (C=O) groups excluding carboxylic acids is 1. The Bertz CT molecular complexity index is 722. The molecule has 1 unspecified atom stereocenters. The SMILES string of the molecule is COc1ccc(C)cc1C(C)NC(=O)NCCOc1cccc(Cl)c1. The van der Waals surface area contributed by atoms with Crippen molar-refractivity contribution in [2.45, 2.75) is 19.9 Å². The standard InChI is InChI=1S/C19H23ClN2O3/c1-13-7-8-18(24-3)17(11-13)14(2)22-19(23)21-9-10-25-16-6-4-5-15(20)12-16/h4-8,11-12,14H,9-10H2,1-3H3,(H2,21,22,23). The van der Waals surface area contributed by atoms with Gasteiger partial charge in [-0.1, -0.05) is 35.4 Å². The molecule has 0 fully saturated rings. The molecule has 0 saturated heterocycles. The number of ether oxygens (including phenoxy) is 2. The molecule has 0 radical (unpaired) electrons. The lowest BCUT2D eigenvalue weighted by molar-refractivity contribution is 0.233. The Labute approximate surface area is 153 Å². The third kappa shape index (κ3) is 5.87. The number of rotatable bonds is 7. The first-order valence-corrected chi connectivity index (χ1v) is 8.44. The topological polar surface area (TPSA) is 59.6 Å². The van der Waals surface area contributed by atoms with Gasteiger partial charge in [-0.2, -0.15) is 0 Å². The van der Waals surface area contributed by atoms with Crippen molar-refractivity contribution < 1.29 is 14.3 Å². The maximum atomic E-state index is 12.0. The van der Waals surface area contributed by atoms with Gasteiger partial charge >= 0.3 is 6.03 Å². The fourth-order valence-electron chi connectivity index (χ4n) is 2.41. The van der Waals surface area contributed by atoms with E-state index in [2.05, 4.69) is 10.6 Å². The van der Waals surface area contributed by atoms with E-state index in [1.54, 1.807) is 19.2 Å². The van der Waals surface area contributed by atoms with Crippen LogP contribution in [-0.4, -0.2) is 26.3 Å². The molecule has 2 rings (SSSR count). The molecule has 0 aliphatic heterocycles. The Morgan fingerprint density at radius 2 is 2.04 bits per heavy atom. The van der Waals surface area contributed by atoms with E-state index in [0.717, 1.165) is 16.9 Å². The molecule has 0 aromatic heterocycles. The van der Waals surface area contributed by atoms with Crippen LogP contribution in [0.2, 0.25) is 5.02 Å². The van der Waals surface area contributed by atoms with Gasteiger partial charge in [-0.15, -0.1) is 0 Å². The highest BCUT2D eigenvalue weighted by molar-refractivity contribution is 6.30. The molecule has 1 atom stereocenters. The van der Waals surface area contributed by atoms with Crippen LogP contribution in [0.5, 0.6) is 11.5 Å². The molecule has 25 heavy (non-hydrogen) atoms. The monoisotopic (exact) mass is 362 g/mol. The number of amides is 2. The Balaban J connectivity index is 1.79. The second-order valence-electron chi connectivity index (χ2n) is 5.67. The average molecular weight is 363 g/mol. The Kier molecular flexibility index (Phi) is 6.95. The predicted molar refractivity (Wildman–Crippen MR) is 99.6 cm³/mol. The molecular formula is C19H23ClN2O3. The highest BCUT2D eigenvalue weighted by Crippen LogP contribution is 2.25. The number of urea groups is 1. The highest BCUT2D eigenvalue weighted by atomic mass is 35.5. The maximum Gasteiger partial charge on any atom is 0.315 e. The van der Waals surface area contributed by atoms with Crippen molar-refractivity contribution in [3.05, 3.63) is 58.6 Å². The molecule has 0 aliphatic carbocycles. The van der Waals surface area contributed by atoms with Crippen molar-refractivity contribution in [1.29, 1.82) is 0 Å². The van der Waals surface area contributed by atoms with Crippen molar-refractivity contribution in [3.8, 4) is 11.5 Å². The number of aryl methyl sites for hydroxylation is 1. The van der Waals surface area contributed by atoms with Gasteiger partial charge in [0.2, 0.25) is 0 Å². The van der Waals surface area contributed by atoms with Gasteiger partial charge < -0.3 is 20.1 Å². The van der Waals surface area contributed by atoms with E-state index in [1.807, 2.05) is 44.2 Å². The number of methoxy groups -OCH3 is 1. The zero-order chi connectivity index (χ0) is 18.2. The van der Waals surface area contributed by atoms with Crippen molar-refractivity contribution in [2.75, 3.05) is 20.3 Å². The van der Waals surface area contributed by atoms with Crippen LogP contribution in [0.1, 0.15) is 24.1 Å². The number of nitrogens with one attached hydrogen (secondary N) is 2. The molecule has 134 valence electrons. The summed E-state index contributed by atoms with van der Waals surface area (Å²) >= 11 is 5.89. The molecular weight excluding hydrogens is 340 g/mol. The van der Waals surface area contributed by atoms with E-state index in [0.29, 0.717) is 23.9 Å². The summed E-state index contributed by atoms with van der Waals surface area (Å²) in [6, 6.07) is 12.6. The fraction of sp³-hybridized carbons (Fsp3) is 0.316. The van der Waals surface area contributed by atoms with Gasteiger partial charge in [0.05, 0.1) is 19.7 Å². The van der Waals surface area contributed by atoms with Crippen molar-refractivity contribution in [2.24, 2.45) is 0 Å². The molecule has 6 heteroatoms. The van der Waals surface area contributed by atoms with Crippen LogP contribution in [0.15, 0.2) is 42.5 Å². The largest absolute Gasteiger partial charge is 0.496 e. The first kappa shape index (κ1) is 18.9. The van der Waals surface area contributed by atoms with Gasteiger partial charge in [0.15, 0.2) is 0 Å². The second kappa shape index (κ2) is 9.18. The summed E-state index contributed by atoms with van der Waals surface area (Å²) in [5.74, 6) is 1.43. The van der Waals surface area contributed by atoms with Gasteiger partial charge in [-0.25, -0.2) is 4.79 Å². The Morgan fingerprint density at radius 1 is 1.24 bits per heavy atom. The van der Waals surface area contributed by atoms with E-state index < -0.39 is 0 Å². The molecule has 0 saturated carbocycles. The van der Waals surface area contributed by atoms with Crippen LogP contribution < -0.4 is 20.1 Å². The normalized spacial score (nSPS) is 11.5. The van der Waals surface area contributed by atoms with E-state index in [-0.39, 0.29) is 12.1 Å². The molecule has 0 spiro atoms. The molecule has 0 bridgehead atoms. The minimum Gasteiger partial charge on any atom is -0.496 e. The summed E-state index contributed by atoms with van der Waals surface area (Å²) in [6.07, 6.45) is 0. The van der Waals surface area contributed by atoms with Gasteiger partial charge in [-0.3, -0.25) is 0 Å². The number of halogens is 1. The van der Waals surface area contributed by atoms with Gasteiger partial charge in [0, 0.05) is 10.6 Å². The van der Waals surface area contributed by atoms with Crippen LogP contribution >= 0.6 is 11.6 Å². The third-order valence-corrected chi connectivity index (χ3v) is 3.89. The molecule has 0 aliphatic rings. The smallest absolute Gasteiger partial charge is 0.315 e. The second-order valence-corrected chi connectivity index (χ2v) is 6.11. The Hall–Kier alpha value is -2.40. The van der Waals surface area contributed by atoms with Gasteiger partial charge in [0.1, 0.15) is 18.1 Å². The predicted octanol–water partition coefficient (Wildman–Crippen LogP) is 4.10. The quantitative estimate of drug-likeness (QED) is 0.729. The maximum absolute atomic E-state index is 12.0. The lowest BCUT2D eigenvalue weighted by Gasteiger charge is -2.18. The summed E-state index contributed by atoms with van der Waals surface area (Å²) in [6.45, 7) is 4.66. The van der Waals surface area contributed by atoms with Crippen LogP contribution in [0, 0.1) is 6.92 Å². The molecule has 5 nitrogen and oxygen atoms in total. The van der Waals surface area contributed by atoms with Crippen molar-refractivity contribution in [3.63, 3.8) is 0 Å².